The number of carbonyl (C=O) groups is 1. The minimum absolute atomic E-state index is 0.0925. The summed E-state index contributed by atoms with van der Waals surface area (Å²) in [5, 5.41) is 4.21. The first-order chi connectivity index (χ1) is 11.6. The van der Waals surface area contributed by atoms with Crippen LogP contribution in [-0.2, 0) is 4.79 Å². The molecule has 1 aliphatic carbocycles. The summed E-state index contributed by atoms with van der Waals surface area (Å²) >= 11 is 0. The van der Waals surface area contributed by atoms with E-state index in [-0.39, 0.29) is 11.5 Å². The second-order valence-corrected chi connectivity index (χ2v) is 5.90. The Morgan fingerprint density at radius 1 is 1.17 bits per heavy atom. The Hall–Kier alpha value is -2.70. The zero-order valence-electron chi connectivity index (χ0n) is 12.4. The van der Waals surface area contributed by atoms with Gasteiger partial charge in [0.15, 0.2) is 17.5 Å². The van der Waals surface area contributed by atoms with Gasteiger partial charge in [0.2, 0.25) is 0 Å². The lowest BCUT2D eigenvalue weighted by molar-refractivity contribution is -0.111. The zero-order valence-corrected chi connectivity index (χ0v) is 12.4. The minimum Gasteiger partial charge on any atom is -0.301 e. The van der Waals surface area contributed by atoms with Crippen molar-refractivity contribution < 1.29 is 18.0 Å². The fourth-order valence-electron chi connectivity index (χ4n) is 2.87. The van der Waals surface area contributed by atoms with Crippen LogP contribution in [0.5, 0.6) is 0 Å². The van der Waals surface area contributed by atoms with E-state index in [4.69, 9.17) is 0 Å². The average Bonchev–Trinajstić information content (AvgIpc) is 3.34. The van der Waals surface area contributed by atoms with E-state index in [9.17, 15) is 18.0 Å². The second-order valence-electron chi connectivity index (χ2n) is 5.90. The highest BCUT2D eigenvalue weighted by Gasteiger charge is 2.33. The number of halogens is 3. The number of hydrogen-bond donors (Lipinski definition) is 0. The van der Waals surface area contributed by atoms with Gasteiger partial charge in [-0.05, 0) is 37.0 Å². The standard InChI is InChI=1S/C17H12F3N3O/c18-12-4-3-11(16(19)17(12)20)10-5-14-13(21-6-10)7-22-23(14)15(8-24)9-1-2-9/h3-9,15H,1-2H2/t15-/m1/s1. The molecule has 122 valence electrons. The van der Waals surface area contributed by atoms with Gasteiger partial charge in [-0.1, -0.05) is 0 Å². The highest BCUT2D eigenvalue weighted by Crippen LogP contribution is 2.39. The van der Waals surface area contributed by atoms with E-state index >= 15 is 0 Å². The Morgan fingerprint density at radius 2 is 1.96 bits per heavy atom. The van der Waals surface area contributed by atoms with Gasteiger partial charge in [0.05, 0.1) is 11.7 Å². The Balaban J connectivity index is 1.86. The number of hydrogen-bond acceptors (Lipinski definition) is 3. The Kier molecular flexibility index (Phi) is 3.37. The zero-order chi connectivity index (χ0) is 16.8. The molecule has 0 unspecified atom stereocenters. The maximum atomic E-state index is 14.0. The molecular formula is C17H12F3N3O. The van der Waals surface area contributed by atoms with E-state index in [0.717, 1.165) is 31.3 Å². The first-order valence-corrected chi connectivity index (χ1v) is 7.52. The molecule has 1 fully saturated rings. The number of pyridine rings is 1. The fourth-order valence-corrected chi connectivity index (χ4v) is 2.87. The number of rotatable bonds is 4. The molecule has 0 saturated heterocycles. The summed E-state index contributed by atoms with van der Waals surface area (Å²) in [5.41, 5.74) is 1.31. The van der Waals surface area contributed by atoms with E-state index in [1.54, 1.807) is 10.7 Å². The molecule has 0 amide bonds. The lowest BCUT2D eigenvalue weighted by Gasteiger charge is -2.11. The van der Waals surface area contributed by atoms with Crippen molar-refractivity contribution in [3.05, 3.63) is 48.0 Å². The van der Waals surface area contributed by atoms with Crippen molar-refractivity contribution in [2.45, 2.75) is 18.9 Å². The number of carbonyl (C=O) groups excluding carboxylic acids is 1. The maximum Gasteiger partial charge on any atom is 0.195 e. The lowest BCUT2D eigenvalue weighted by Crippen LogP contribution is -2.13. The van der Waals surface area contributed by atoms with Crippen LogP contribution in [-0.4, -0.2) is 21.1 Å². The fraction of sp³-hybridized carbons (Fsp3) is 0.235. The third kappa shape index (κ3) is 2.28. The summed E-state index contributed by atoms with van der Waals surface area (Å²) in [6, 6.07) is 3.22. The number of nitrogens with zero attached hydrogens (tertiary/aromatic N) is 3. The predicted octanol–water partition coefficient (Wildman–Crippen LogP) is 3.67. The third-order valence-corrected chi connectivity index (χ3v) is 4.32. The molecule has 24 heavy (non-hydrogen) atoms. The van der Waals surface area contributed by atoms with Crippen molar-refractivity contribution in [2.24, 2.45) is 5.92 Å². The monoisotopic (exact) mass is 331 g/mol. The molecule has 3 aromatic rings. The molecule has 0 N–H and O–H groups in total. The Bertz CT molecular complexity index is 950. The molecule has 7 heteroatoms. The van der Waals surface area contributed by atoms with Crippen molar-refractivity contribution in [2.75, 3.05) is 0 Å². The van der Waals surface area contributed by atoms with Gasteiger partial charge in [-0.15, -0.1) is 0 Å². The third-order valence-electron chi connectivity index (χ3n) is 4.32. The summed E-state index contributed by atoms with van der Waals surface area (Å²) < 4.78 is 42.2. The molecule has 0 radical (unpaired) electrons. The van der Waals surface area contributed by atoms with Crippen LogP contribution in [0.1, 0.15) is 18.9 Å². The van der Waals surface area contributed by atoms with Crippen LogP contribution in [0.2, 0.25) is 0 Å². The van der Waals surface area contributed by atoms with E-state index < -0.39 is 23.5 Å². The molecule has 1 aromatic carbocycles. The summed E-state index contributed by atoms with van der Waals surface area (Å²) in [5.74, 6) is -3.79. The topological polar surface area (TPSA) is 47.8 Å². The number of fused-ring (bicyclic) bond motifs is 1. The molecule has 0 spiro atoms. The average molecular weight is 331 g/mol. The summed E-state index contributed by atoms with van der Waals surface area (Å²) in [6.45, 7) is 0. The molecular weight excluding hydrogens is 319 g/mol. The molecule has 4 rings (SSSR count). The van der Waals surface area contributed by atoms with Crippen molar-refractivity contribution in [1.82, 2.24) is 14.8 Å². The summed E-state index contributed by atoms with van der Waals surface area (Å²) in [6.07, 6.45) is 5.65. The molecule has 0 aliphatic heterocycles. The number of aromatic nitrogens is 3. The highest BCUT2D eigenvalue weighted by molar-refractivity contribution is 5.81. The second kappa shape index (κ2) is 5.43. The summed E-state index contributed by atoms with van der Waals surface area (Å²) in [7, 11) is 0. The molecule has 0 bridgehead atoms. The quantitative estimate of drug-likeness (QED) is 0.541. The van der Waals surface area contributed by atoms with Gasteiger partial charge in [0.25, 0.3) is 0 Å². The smallest absolute Gasteiger partial charge is 0.195 e. The van der Waals surface area contributed by atoms with Crippen LogP contribution in [0, 0.1) is 23.4 Å². The molecule has 2 aromatic heterocycles. The molecule has 1 atom stereocenters. The van der Waals surface area contributed by atoms with E-state index in [0.29, 0.717) is 16.6 Å². The van der Waals surface area contributed by atoms with Gasteiger partial charge >= 0.3 is 0 Å². The van der Waals surface area contributed by atoms with Crippen LogP contribution in [0.15, 0.2) is 30.6 Å². The van der Waals surface area contributed by atoms with Gasteiger partial charge in [-0.2, -0.15) is 5.10 Å². The maximum absolute atomic E-state index is 14.0. The van der Waals surface area contributed by atoms with Crippen LogP contribution in [0.25, 0.3) is 22.2 Å². The Labute approximate surface area is 134 Å². The van der Waals surface area contributed by atoms with Crippen molar-refractivity contribution in [3.63, 3.8) is 0 Å². The van der Waals surface area contributed by atoms with Crippen molar-refractivity contribution >= 4 is 17.3 Å². The normalized spacial score (nSPS) is 15.6. The lowest BCUT2D eigenvalue weighted by atomic mass is 10.1. The van der Waals surface area contributed by atoms with Crippen molar-refractivity contribution in [3.8, 4) is 11.1 Å². The molecule has 2 heterocycles. The van der Waals surface area contributed by atoms with Crippen LogP contribution >= 0.6 is 0 Å². The van der Waals surface area contributed by atoms with Crippen LogP contribution in [0.3, 0.4) is 0 Å². The predicted molar refractivity (Wildman–Crippen MR) is 80.7 cm³/mol. The Morgan fingerprint density at radius 3 is 2.67 bits per heavy atom. The molecule has 1 aliphatic rings. The number of aldehydes is 1. The summed E-state index contributed by atoms with van der Waals surface area (Å²) in [4.78, 5) is 15.6. The first-order valence-electron chi connectivity index (χ1n) is 7.52. The minimum atomic E-state index is -1.52. The van der Waals surface area contributed by atoms with Crippen molar-refractivity contribution in [1.29, 1.82) is 0 Å². The van der Waals surface area contributed by atoms with E-state index in [2.05, 4.69) is 10.1 Å². The molecule has 1 saturated carbocycles. The number of benzene rings is 1. The van der Waals surface area contributed by atoms with Gasteiger partial charge in [-0.25, -0.2) is 13.2 Å². The molecule has 4 nitrogen and oxygen atoms in total. The van der Waals surface area contributed by atoms with E-state index in [1.165, 1.54) is 12.4 Å². The van der Waals surface area contributed by atoms with E-state index in [1.807, 2.05) is 0 Å². The largest absolute Gasteiger partial charge is 0.301 e. The van der Waals surface area contributed by atoms with Gasteiger partial charge in [0, 0.05) is 17.3 Å². The SMILES string of the molecule is O=C[C@H](C1CC1)n1ncc2ncc(-c3ccc(F)c(F)c3F)cc21. The van der Waals surface area contributed by atoms with Gasteiger partial charge in [0.1, 0.15) is 17.8 Å². The van der Waals surface area contributed by atoms with Crippen LogP contribution < -0.4 is 0 Å². The van der Waals surface area contributed by atoms with Gasteiger partial charge in [-0.3, -0.25) is 9.67 Å². The highest BCUT2D eigenvalue weighted by atomic mass is 19.2. The van der Waals surface area contributed by atoms with Crippen LogP contribution in [0.4, 0.5) is 13.2 Å². The first kappa shape index (κ1) is 14.9. The van der Waals surface area contributed by atoms with Gasteiger partial charge < -0.3 is 4.79 Å².